The first kappa shape index (κ1) is 17.0. The maximum atomic E-state index is 12.5. The number of methoxy groups -OCH3 is 1. The van der Waals surface area contributed by atoms with Crippen LogP contribution in [0.3, 0.4) is 0 Å². The van der Waals surface area contributed by atoms with Gasteiger partial charge in [-0.05, 0) is 35.7 Å². The van der Waals surface area contributed by atoms with Gasteiger partial charge in [-0.2, -0.15) is 0 Å². The number of rotatable bonds is 5. The summed E-state index contributed by atoms with van der Waals surface area (Å²) in [5.74, 6) is 0.801. The van der Waals surface area contributed by atoms with Gasteiger partial charge >= 0.3 is 0 Å². The van der Waals surface area contributed by atoms with E-state index in [9.17, 15) is 9.90 Å². The molecule has 2 aromatic rings. The summed E-state index contributed by atoms with van der Waals surface area (Å²) in [6.07, 6.45) is -0.450. The second kappa shape index (κ2) is 7.79. The highest BCUT2D eigenvalue weighted by molar-refractivity contribution is 7.10. The quantitative estimate of drug-likeness (QED) is 0.902. The lowest BCUT2D eigenvalue weighted by Crippen LogP contribution is -2.49. The second-order valence-corrected chi connectivity index (χ2v) is 6.83. The summed E-state index contributed by atoms with van der Waals surface area (Å²) in [7, 11) is 1.61. The molecule has 1 amide bonds. The van der Waals surface area contributed by atoms with Crippen molar-refractivity contribution in [2.24, 2.45) is 0 Å². The van der Waals surface area contributed by atoms with Crippen molar-refractivity contribution in [3.8, 4) is 5.75 Å². The number of hydrogen-bond donors (Lipinski definition) is 1. The van der Waals surface area contributed by atoms with Gasteiger partial charge in [-0.1, -0.05) is 6.07 Å². The molecule has 0 aliphatic carbocycles. The average molecular weight is 346 g/mol. The molecule has 1 aliphatic heterocycles. The van der Waals surface area contributed by atoms with Crippen LogP contribution in [-0.2, 0) is 0 Å². The number of thiophene rings is 1. The molecule has 3 rings (SSSR count). The van der Waals surface area contributed by atoms with E-state index in [0.29, 0.717) is 25.2 Å². The van der Waals surface area contributed by atoms with Gasteiger partial charge in [0.1, 0.15) is 11.9 Å². The highest BCUT2D eigenvalue weighted by Crippen LogP contribution is 2.20. The molecule has 1 saturated heterocycles. The van der Waals surface area contributed by atoms with Crippen molar-refractivity contribution in [3.63, 3.8) is 0 Å². The molecule has 128 valence electrons. The van der Waals surface area contributed by atoms with Crippen LogP contribution in [0.5, 0.6) is 5.75 Å². The summed E-state index contributed by atoms with van der Waals surface area (Å²) in [6, 6.07) is 11.1. The highest BCUT2D eigenvalue weighted by atomic mass is 32.1. The lowest BCUT2D eigenvalue weighted by atomic mass is 10.1. The first-order valence-corrected chi connectivity index (χ1v) is 8.92. The number of aliphatic hydroxyl groups excluding tert-OH is 1. The molecule has 0 radical (unpaired) electrons. The minimum Gasteiger partial charge on any atom is -0.497 e. The number of hydrogen-bond acceptors (Lipinski definition) is 5. The predicted molar refractivity (Wildman–Crippen MR) is 94.6 cm³/mol. The Kier molecular flexibility index (Phi) is 5.50. The topological polar surface area (TPSA) is 53.0 Å². The van der Waals surface area contributed by atoms with Crippen molar-refractivity contribution in [2.45, 2.75) is 6.10 Å². The summed E-state index contributed by atoms with van der Waals surface area (Å²) >= 11 is 1.57. The van der Waals surface area contributed by atoms with Gasteiger partial charge in [0.2, 0.25) is 0 Å². The van der Waals surface area contributed by atoms with Gasteiger partial charge < -0.3 is 14.7 Å². The summed E-state index contributed by atoms with van der Waals surface area (Å²) in [4.78, 5) is 17.6. The Morgan fingerprint density at radius 1 is 1.21 bits per heavy atom. The van der Waals surface area contributed by atoms with Crippen molar-refractivity contribution in [2.75, 3.05) is 39.8 Å². The Hall–Kier alpha value is -1.89. The van der Waals surface area contributed by atoms with Crippen LogP contribution in [-0.4, -0.2) is 60.6 Å². The molecule has 0 spiro atoms. The van der Waals surface area contributed by atoms with Crippen LogP contribution in [0.15, 0.2) is 41.8 Å². The van der Waals surface area contributed by atoms with Gasteiger partial charge in [-0.15, -0.1) is 11.3 Å². The first-order valence-electron chi connectivity index (χ1n) is 8.04. The number of β-amino-alcohol motifs (C(OH)–C–C–N with tert-alkyl or cyclic N) is 1. The Bertz CT molecular complexity index is 649. The van der Waals surface area contributed by atoms with Crippen molar-refractivity contribution in [1.29, 1.82) is 0 Å². The molecular weight excluding hydrogens is 324 g/mol. The molecule has 5 nitrogen and oxygen atoms in total. The summed E-state index contributed by atoms with van der Waals surface area (Å²) in [6.45, 7) is 3.55. The summed E-state index contributed by atoms with van der Waals surface area (Å²) < 4.78 is 5.12. The van der Waals surface area contributed by atoms with Crippen LogP contribution < -0.4 is 4.74 Å². The SMILES string of the molecule is COc1ccc(C(=O)N2CCN(C[C@H](O)c3cccs3)CC2)cc1. The van der Waals surface area contributed by atoms with Gasteiger partial charge in [0.25, 0.3) is 5.91 Å². The van der Waals surface area contributed by atoms with E-state index in [-0.39, 0.29) is 5.91 Å². The smallest absolute Gasteiger partial charge is 0.253 e. The second-order valence-electron chi connectivity index (χ2n) is 5.85. The Morgan fingerprint density at radius 2 is 1.92 bits per heavy atom. The van der Waals surface area contributed by atoms with Crippen LogP contribution in [0.1, 0.15) is 21.3 Å². The molecule has 1 aliphatic rings. The monoisotopic (exact) mass is 346 g/mol. The number of benzene rings is 1. The molecule has 1 N–H and O–H groups in total. The van der Waals surface area contributed by atoms with Crippen LogP contribution in [0, 0.1) is 0 Å². The molecule has 1 atom stereocenters. The Labute approximate surface area is 146 Å². The third-order valence-electron chi connectivity index (χ3n) is 4.30. The normalized spacial score (nSPS) is 16.8. The molecule has 1 fully saturated rings. The maximum absolute atomic E-state index is 12.5. The minimum absolute atomic E-state index is 0.0520. The first-order chi connectivity index (χ1) is 11.7. The number of amides is 1. The van der Waals surface area contributed by atoms with E-state index in [0.717, 1.165) is 23.7 Å². The number of aliphatic hydroxyl groups is 1. The standard InChI is InChI=1S/C18H22N2O3S/c1-23-15-6-4-14(5-7-15)18(22)20-10-8-19(9-11-20)13-16(21)17-3-2-12-24-17/h2-7,12,16,21H,8-11,13H2,1H3/t16-/m0/s1. The average Bonchev–Trinajstić information content (AvgIpc) is 3.17. The van der Waals surface area contributed by atoms with Crippen molar-refractivity contribution < 1.29 is 14.6 Å². The molecule has 1 aromatic heterocycles. The fourth-order valence-corrected chi connectivity index (χ4v) is 3.57. The van der Waals surface area contributed by atoms with Crippen LogP contribution in [0.2, 0.25) is 0 Å². The third-order valence-corrected chi connectivity index (χ3v) is 5.27. The van der Waals surface area contributed by atoms with Crippen molar-refractivity contribution in [3.05, 3.63) is 52.2 Å². The molecule has 0 unspecified atom stereocenters. The van der Waals surface area contributed by atoms with E-state index >= 15 is 0 Å². The van der Waals surface area contributed by atoms with Gasteiger partial charge in [0.15, 0.2) is 0 Å². The lowest BCUT2D eigenvalue weighted by Gasteiger charge is -2.35. The van der Waals surface area contributed by atoms with Crippen LogP contribution in [0.4, 0.5) is 0 Å². The molecule has 6 heteroatoms. The molecule has 2 heterocycles. The van der Waals surface area contributed by atoms with Crippen molar-refractivity contribution >= 4 is 17.2 Å². The van der Waals surface area contributed by atoms with E-state index in [1.54, 1.807) is 42.7 Å². The zero-order chi connectivity index (χ0) is 16.9. The highest BCUT2D eigenvalue weighted by Gasteiger charge is 2.24. The zero-order valence-electron chi connectivity index (χ0n) is 13.7. The predicted octanol–water partition coefficient (Wildman–Crippen LogP) is 2.25. The number of carbonyl (C=O) groups is 1. The molecule has 1 aromatic carbocycles. The largest absolute Gasteiger partial charge is 0.497 e. The van der Waals surface area contributed by atoms with Crippen LogP contribution >= 0.6 is 11.3 Å². The number of nitrogens with zero attached hydrogens (tertiary/aromatic N) is 2. The van der Waals surface area contributed by atoms with Crippen LogP contribution in [0.25, 0.3) is 0 Å². The fourth-order valence-electron chi connectivity index (χ4n) is 2.87. The molecular formula is C18H22N2O3S. The third kappa shape index (κ3) is 3.95. The number of ether oxygens (including phenoxy) is 1. The number of carbonyl (C=O) groups excluding carboxylic acids is 1. The fraction of sp³-hybridized carbons (Fsp3) is 0.389. The Balaban J connectivity index is 1.51. The zero-order valence-corrected chi connectivity index (χ0v) is 14.5. The van der Waals surface area contributed by atoms with E-state index in [4.69, 9.17) is 4.74 Å². The van der Waals surface area contributed by atoms with E-state index in [1.165, 1.54) is 0 Å². The van der Waals surface area contributed by atoms with Crippen molar-refractivity contribution in [1.82, 2.24) is 9.80 Å². The number of piperazine rings is 1. The molecule has 24 heavy (non-hydrogen) atoms. The minimum atomic E-state index is -0.450. The van der Waals surface area contributed by atoms with E-state index in [2.05, 4.69) is 4.90 Å². The van der Waals surface area contributed by atoms with Gasteiger partial charge in [0, 0.05) is 43.2 Å². The lowest BCUT2D eigenvalue weighted by molar-refractivity contribution is 0.0533. The van der Waals surface area contributed by atoms with E-state index < -0.39 is 6.10 Å². The van der Waals surface area contributed by atoms with Gasteiger partial charge in [-0.25, -0.2) is 0 Å². The van der Waals surface area contributed by atoms with Gasteiger partial charge in [0.05, 0.1) is 7.11 Å². The Morgan fingerprint density at radius 3 is 2.50 bits per heavy atom. The van der Waals surface area contributed by atoms with Gasteiger partial charge in [-0.3, -0.25) is 9.69 Å². The maximum Gasteiger partial charge on any atom is 0.253 e. The summed E-state index contributed by atoms with van der Waals surface area (Å²) in [5.41, 5.74) is 0.683. The molecule has 0 bridgehead atoms. The van der Waals surface area contributed by atoms with E-state index in [1.807, 2.05) is 22.4 Å². The summed E-state index contributed by atoms with van der Waals surface area (Å²) in [5, 5.41) is 12.2. The molecule has 0 saturated carbocycles.